The van der Waals surface area contributed by atoms with Crippen molar-refractivity contribution in [3.05, 3.63) is 28.3 Å². The Hall–Kier alpha value is -1.75. The summed E-state index contributed by atoms with van der Waals surface area (Å²) in [6, 6.07) is 3.53. The van der Waals surface area contributed by atoms with Gasteiger partial charge in [0, 0.05) is 32.0 Å². The molecule has 0 spiro atoms. The van der Waals surface area contributed by atoms with Gasteiger partial charge in [-0.3, -0.25) is 15.0 Å². The van der Waals surface area contributed by atoms with Gasteiger partial charge in [0.2, 0.25) is 10.0 Å². The summed E-state index contributed by atoms with van der Waals surface area (Å²) in [5.41, 5.74) is -1.02. The summed E-state index contributed by atoms with van der Waals surface area (Å²) in [6.45, 7) is 2.58. The fourth-order valence-corrected chi connectivity index (χ4v) is 4.20. The molecule has 1 aromatic carbocycles. The number of hydrogen-bond acceptors (Lipinski definition) is 7. The maximum absolute atomic E-state index is 11.5. The van der Waals surface area contributed by atoms with Crippen molar-refractivity contribution < 1.29 is 22.8 Å². The molecule has 0 bridgehead atoms. The Morgan fingerprint density at radius 1 is 1.19 bits per heavy atom. The van der Waals surface area contributed by atoms with Crippen LogP contribution < -0.4 is 9.88 Å². The van der Waals surface area contributed by atoms with Crippen molar-refractivity contribution in [3.63, 3.8) is 0 Å². The smallest absolute Gasteiger partial charge is 0.312 e. The second-order valence-electron chi connectivity index (χ2n) is 6.64. The number of hydrogen-bond donors (Lipinski definition) is 1. The maximum Gasteiger partial charge on any atom is 0.312 e. The second kappa shape index (κ2) is 7.47. The van der Waals surface area contributed by atoms with Crippen molar-refractivity contribution in [2.75, 3.05) is 26.3 Å². The number of sulfonamides is 1. The van der Waals surface area contributed by atoms with E-state index in [1.807, 2.05) is 0 Å². The van der Waals surface area contributed by atoms with Crippen LogP contribution in [0.5, 0.6) is 5.75 Å². The lowest BCUT2D eigenvalue weighted by Crippen LogP contribution is -2.58. The zero-order valence-electron chi connectivity index (χ0n) is 14.4. The van der Waals surface area contributed by atoms with E-state index in [1.165, 1.54) is 12.1 Å². The first kappa shape index (κ1) is 19.0. The van der Waals surface area contributed by atoms with Crippen molar-refractivity contribution >= 4 is 15.7 Å². The molecule has 0 atom stereocenters. The molecule has 1 aliphatic heterocycles. The zero-order chi connectivity index (χ0) is 18.8. The highest BCUT2D eigenvalue weighted by atomic mass is 32.2. The Bertz CT molecular complexity index is 770. The quantitative estimate of drug-likeness (QED) is 0.603. The summed E-state index contributed by atoms with van der Waals surface area (Å²) in [5.74, 6) is 0.0655. The topological polar surface area (TPSA) is 125 Å². The Kier molecular flexibility index (Phi) is 5.47. The Morgan fingerprint density at radius 2 is 1.85 bits per heavy atom. The number of rotatable bonds is 5. The Labute approximate surface area is 152 Å². The number of benzene rings is 1. The summed E-state index contributed by atoms with van der Waals surface area (Å²) in [7, 11) is -4.03. The van der Waals surface area contributed by atoms with Crippen LogP contribution in [0.25, 0.3) is 0 Å². The third-order valence-electron chi connectivity index (χ3n) is 4.98. The van der Waals surface area contributed by atoms with Crippen LogP contribution in [0.4, 0.5) is 5.69 Å². The number of nitro groups is 1. The molecule has 26 heavy (non-hydrogen) atoms. The predicted octanol–water partition coefficient (Wildman–Crippen LogP) is 1.61. The molecule has 1 aromatic rings. The van der Waals surface area contributed by atoms with E-state index in [0.717, 1.165) is 38.2 Å². The van der Waals surface area contributed by atoms with E-state index in [1.54, 1.807) is 0 Å². The lowest BCUT2D eigenvalue weighted by atomic mass is 9.89. The second-order valence-corrected chi connectivity index (χ2v) is 8.20. The number of morpholine rings is 1. The van der Waals surface area contributed by atoms with Crippen molar-refractivity contribution in [2.24, 2.45) is 5.14 Å². The van der Waals surface area contributed by atoms with Gasteiger partial charge in [0.25, 0.3) is 0 Å². The van der Waals surface area contributed by atoms with E-state index >= 15 is 0 Å². The lowest BCUT2D eigenvalue weighted by molar-refractivity contribution is -0.386. The van der Waals surface area contributed by atoms with E-state index in [-0.39, 0.29) is 10.6 Å². The third-order valence-corrected chi connectivity index (χ3v) is 5.89. The van der Waals surface area contributed by atoms with Crippen LogP contribution in [0.15, 0.2) is 23.1 Å². The van der Waals surface area contributed by atoms with Crippen LogP contribution in [-0.2, 0) is 14.8 Å². The lowest BCUT2D eigenvalue weighted by Gasteiger charge is -2.47. The first-order chi connectivity index (χ1) is 12.3. The minimum Gasteiger partial charge on any atom is -0.465 e. The van der Waals surface area contributed by atoms with Gasteiger partial charge in [-0.05, 0) is 25.0 Å². The summed E-state index contributed by atoms with van der Waals surface area (Å²) in [6.07, 6.45) is 4.57. The molecule has 1 heterocycles. The van der Waals surface area contributed by atoms with E-state index in [2.05, 4.69) is 4.90 Å². The molecule has 1 aliphatic carbocycles. The van der Waals surface area contributed by atoms with Gasteiger partial charge in [0.1, 0.15) is 0 Å². The fraction of sp³-hybridized carbons (Fsp3) is 0.625. The molecule has 0 radical (unpaired) electrons. The van der Waals surface area contributed by atoms with E-state index in [9.17, 15) is 18.5 Å². The van der Waals surface area contributed by atoms with Crippen molar-refractivity contribution in [2.45, 2.75) is 42.7 Å². The number of nitro benzene ring substituents is 1. The fourth-order valence-electron chi connectivity index (χ4n) is 3.67. The van der Waals surface area contributed by atoms with Gasteiger partial charge in [-0.1, -0.05) is 6.42 Å². The third kappa shape index (κ3) is 3.98. The molecule has 2 fully saturated rings. The minimum absolute atomic E-state index is 0.0655. The minimum atomic E-state index is -4.03. The standard InChI is InChI=1S/C16H23N3O6S/c17-26(22,23)13-4-5-15(14(12-13)19(20)21)25-16(6-2-1-3-7-16)18-8-10-24-11-9-18/h4-5,12H,1-3,6-11H2,(H2,17,22,23). The van der Waals surface area contributed by atoms with Crippen LogP contribution in [0, 0.1) is 10.1 Å². The van der Waals surface area contributed by atoms with E-state index in [0.29, 0.717) is 26.3 Å². The maximum atomic E-state index is 11.5. The molecule has 0 aromatic heterocycles. The molecule has 1 saturated carbocycles. The summed E-state index contributed by atoms with van der Waals surface area (Å²) in [5, 5.41) is 16.6. The average molecular weight is 385 g/mol. The molecule has 2 aliphatic rings. The van der Waals surface area contributed by atoms with Gasteiger partial charge >= 0.3 is 5.69 Å². The van der Waals surface area contributed by atoms with E-state index < -0.39 is 26.4 Å². The van der Waals surface area contributed by atoms with Crippen molar-refractivity contribution in [1.29, 1.82) is 0 Å². The van der Waals surface area contributed by atoms with Gasteiger partial charge < -0.3 is 9.47 Å². The molecule has 1 saturated heterocycles. The van der Waals surface area contributed by atoms with Crippen LogP contribution >= 0.6 is 0 Å². The zero-order valence-corrected chi connectivity index (χ0v) is 15.2. The monoisotopic (exact) mass is 385 g/mol. The van der Waals surface area contributed by atoms with Gasteiger partial charge in [-0.25, -0.2) is 13.6 Å². The number of ether oxygens (including phenoxy) is 2. The Morgan fingerprint density at radius 3 is 2.42 bits per heavy atom. The molecule has 9 nitrogen and oxygen atoms in total. The molecule has 10 heteroatoms. The molecule has 3 rings (SSSR count). The summed E-state index contributed by atoms with van der Waals surface area (Å²) in [4.78, 5) is 12.7. The summed E-state index contributed by atoms with van der Waals surface area (Å²) < 4.78 is 34.7. The first-order valence-electron chi connectivity index (χ1n) is 8.65. The SMILES string of the molecule is NS(=O)(=O)c1ccc(OC2(N3CCOCC3)CCCCC2)c([N+](=O)[O-])c1. The average Bonchev–Trinajstić information content (AvgIpc) is 2.62. The van der Waals surface area contributed by atoms with Gasteiger partial charge in [0.15, 0.2) is 11.5 Å². The molecular weight excluding hydrogens is 362 g/mol. The molecular formula is C16H23N3O6S. The van der Waals surface area contributed by atoms with Gasteiger partial charge in [-0.2, -0.15) is 0 Å². The van der Waals surface area contributed by atoms with Gasteiger partial charge in [0.05, 0.1) is 23.0 Å². The van der Waals surface area contributed by atoms with Crippen LogP contribution in [0.3, 0.4) is 0 Å². The van der Waals surface area contributed by atoms with Crippen molar-refractivity contribution in [1.82, 2.24) is 4.90 Å². The van der Waals surface area contributed by atoms with Crippen LogP contribution in [0.2, 0.25) is 0 Å². The molecule has 144 valence electrons. The number of primary sulfonamides is 1. The highest BCUT2D eigenvalue weighted by Gasteiger charge is 2.42. The largest absolute Gasteiger partial charge is 0.465 e. The molecule has 0 unspecified atom stereocenters. The van der Waals surface area contributed by atoms with Gasteiger partial charge in [-0.15, -0.1) is 0 Å². The number of nitrogens with zero attached hydrogens (tertiary/aromatic N) is 2. The summed E-state index contributed by atoms with van der Waals surface area (Å²) >= 11 is 0. The van der Waals surface area contributed by atoms with Crippen LogP contribution in [-0.4, -0.2) is 50.3 Å². The first-order valence-corrected chi connectivity index (χ1v) is 10.2. The normalized spacial score (nSPS) is 21.3. The van der Waals surface area contributed by atoms with Crippen LogP contribution in [0.1, 0.15) is 32.1 Å². The number of nitrogens with two attached hydrogens (primary N) is 1. The molecule has 2 N–H and O–H groups in total. The van der Waals surface area contributed by atoms with E-state index in [4.69, 9.17) is 14.6 Å². The van der Waals surface area contributed by atoms with Crippen molar-refractivity contribution in [3.8, 4) is 5.75 Å². The predicted molar refractivity (Wildman–Crippen MR) is 93.3 cm³/mol. The molecule has 0 amide bonds. The highest BCUT2D eigenvalue weighted by molar-refractivity contribution is 7.89. The highest BCUT2D eigenvalue weighted by Crippen LogP contribution is 2.40. The Balaban J connectivity index is 1.97.